The highest BCUT2D eigenvalue weighted by atomic mass is 127. The molecule has 1 amide bonds. The number of aryl methyl sites for hydroxylation is 2. The molecule has 3 N–H and O–H groups in total. The molecule has 2 heterocycles. The summed E-state index contributed by atoms with van der Waals surface area (Å²) in [6.07, 6.45) is 0.478. The molecule has 1 aromatic carbocycles. The first-order valence-corrected chi connectivity index (χ1v) is 9.14. The number of hydrogen-bond acceptors (Lipinski definition) is 4. The van der Waals surface area contributed by atoms with Crippen molar-refractivity contribution >= 4 is 52.9 Å². The molecular formula is C18H24IN5OS. The summed E-state index contributed by atoms with van der Waals surface area (Å²) in [5.74, 6) is 0.906. The molecule has 0 bridgehead atoms. The SMILES string of the molecule is CN=C(NCc1nc(C)c(C)s1)NCC1CC(=O)Nc2ccccc21.I. The van der Waals surface area contributed by atoms with E-state index in [2.05, 4.69) is 38.9 Å². The lowest BCUT2D eigenvalue weighted by Crippen LogP contribution is -2.40. The van der Waals surface area contributed by atoms with Crippen molar-refractivity contribution in [3.05, 3.63) is 45.4 Å². The number of aromatic nitrogens is 1. The van der Waals surface area contributed by atoms with Crippen molar-refractivity contribution < 1.29 is 4.79 Å². The molecule has 26 heavy (non-hydrogen) atoms. The Bertz CT molecular complexity index is 785. The van der Waals surface area contributed by atoms with E-state index in [-0.39, 0.29) is 35.8 Å². The van der Waals surface area contributed by atoms with Crippen molar-refractivity contribution in [2.24, 2.45) is 4.99 Å². The highest BCUT2D eigenvalue weighted by Gasteiger charge is 2.24. The zero-order valence-corrected chi connectivity index (χ0v) is 18.3. The number of halogens is 1. The van der Waals surface area contributed by atoms with Gasteiger partial charge in [0.15, 0.2) is 5.96 Å². The van der Waals surface area contributed by atoms with Crippen LogP contribution < -0.4 is 16.0 Å². The van der Waals surface area contributed by atoms with Gasteiger partial charge in [-0.25, -0.2) is 4.98 Å². The third-order valence-electron chi connectivity index (χ3n) is 4.33. The fraction of sp³-hybridized carbons (Fsp3) is 0.389. The number of nitrogens with one attached hydrogen (secondary N) is 3. The third kappa shape index (κ3) is 4.94. The van der Waals surface area contributed by atoms with Crippen LogP contribution in [-0.4, -0.2) is 30.4 Å². The second kappa shape index (κ2) is 9.31. The maximum absolute atomic E-state index is 11.9. The Hall–Kier alpha value is -1.68. The van der Waals surface area contributed by atoms with Crippen LogP contribution in [0.15, 0.2) is 29.3 Å². The number of fused-ring (bicyclic) bond motifs is 1. The van der Waals surface area contributed by atoms with Gasteiger partial charge in [0.1, 0.15) is 5.01 Å². The number of thiazole rings is 1. The van der Waals surface area contributed by atoms with Crippen LogP contribution in [0.5, 0.6) is 0 Å². The first kappa shape index (κ1) is 20.6. The Kier molecular flexibility index (Phi) is 7.39. The van der Waals surface area contributed by atoms with Crippen molar-refractivity contribution in [3.63, 3.8) is 0 Å². The number of amides is 1. The predicted molar refractivity (Wildman–Crippen MR) is 118 cm³/mol. The van der Waals surface area contributed by atoms with Gasteiger partial charge >= 0.3 is 0 Å². The van der Waals surface area contributed by atoms with E-state index in [1.807, 2.05) is 25.1 Å². The van der Waals surface area contributed by atoms with Crippen LogP contribution in [0.2, 0.25) is 0 Å². The summed E-state index contributed by atoms with van der Waals surface area (Å²) in [4.78, 5) is 21.9. The van der Waals surface area contributed by atoms with E-state index in [1.165, 1.54) is 4.88 Å². The minimum absolute atomic E-state index is 0. The molecule has 1 unspecified atom stereocenters. The first-order chi connectivity index (χ1) is 12.1. The number of rotatable bonds is 4. The minimum Gasteiger partial charge on any atom is -0.356 e. The number of anilines is 1. The number of para-hydroxylation sites is 1. The quantitative estimate of drug-likeness (QED) is 0.353. The number of hydrogen-bond donors (Lipinski definition) is 3. The largest absolute Gasteiger partial charge is 0.356 e. The summed E-state index contributed by atoms with van der Waals surface area (Å²) in [6, 6.07) is 7.95. The van der Waals surface area contributed by atoms with E-state index in [0.717, 1.165) is 22.0 Å². The Balaban J connectivity index is 0.00000243. The molecular weight excluding hydrogens is 461 g/mol. The Morgan fingerprint density at radius 1 is 1.35 bits per heavy atom. The minimum atomic E-state index is 0. The van der Waals surface area contributed by atoms with Crippen molar-refractivity contribution in [1.82, 2.24) is 15.6 Å². The zero-order chi connectivity index (χ0) is 17.8. The number of carbonyl (C=O) groups is 1. The Labute approximate surface area is 174 Å². The van der Waals surface area contributed by atoms with Gasteiger partial charge in [0.2, 0.25) is 5.91 Å². The fourth-order valence-electron chi connectivity index (χ4n) is 2.90. The van der Waals surface area contributed by atoms with Gasteiger partial charge in [0, 0.05) is 36.5 Å². The lowest BCUT2D eigenvalue weighted by Gasteiger charge is -2.26. The van der Waals surface area contributed by atoms with Crippen molar-refractivity contribution in [3.8, 4) is 0 Å². The number of nitrogens with zero attached hydrogens (tertiary/aromatic N) is 2. The topological polar surface area (TPSA) is 78.4 Å². The maximum Gasteiger partial charge on any atom is 0.225 e. The van der Waals surface area contributed by atoms with Gasteiger partial charge in [-0.15, -0.1) is 35.3 Å². The second-order valence-electron chi connectivity index (χ2n) is 6.09. The molecule has 1 atom stereocenters. The third-order valence-corrected chi connectivity index (χ3v) is 5.40. The lowest BCUT2D eigenvalue weighted by molar-refractivity contribution is -0.116. The van der Waals surface area contributed by atoms with Gasteiger partial charge in [-0.1, -0.05) is 18.2 Å². The molecule has 1 aliphatic rings. The average molecular weight is 485 g/mol. The zero-order valence-electron chi connectivity index (χ0n) is 15.1. The van der Waals surface area contributed by atoms with Gasteiger partial charge in [0.25, 0.3) is 0 Å². The molecule has 3 rings (SSSR count). The van der Waals surface area contributed by atoms with Crippen LogP contribution in [0, 0.1) is 13.8 Å². The number of guanidine groups is 1. The molecule has 0 aliphatic carbocycles. The summed E-state index contributed by atoms with van der Waals surface area (Å²) in [7, 11) is 1.75. The number of carbonyl (C=O) groups excluding carboxylic acids is 1. The molecule has 0 saturated carbocycles. The van der Waals surface area contributed by atoms with E-state index in [9.17, 15) is 4.79 Å². The van der Waals surface area contributed by atoms with Crippen molar-refractivity contribution in [2.45, 2.75) is 32.7 Å². The maximum atomic E-state index is 11.9. The number of benzene rings is 1. The van der Waals surface area contributed by atoms with Crippen LogP contribution in [0.4, 0.5) is 5.69 Å². The van der Waals surface area contributed by atoms with Crippen LogP contribution in [0.25, 0.3) is 0 Å². The highest BCUT2D eigenvalue weighted by Crippen LogP contribution is 2.31. The molecule has 1 aliphatic heterocycles. The van der Waals surface area contributed by atoms with Gasteiger partial charge in [-0.3, -0.25) is 9.79 Å². The van der Waals surface area contributed by atoms with Crippen LogP contribution in [0.1, 0.15) is 33.5 Å². The first-order valence-electron chi connectivity index (χ1n) is 8.33. The molecule has 1 aromatic heterocycles. The molecule has 0 saturated heterocycles. The van der Waals surface area contributed by atoms with Gasteiger partial charge in [-0.2, -0.15) is 0 Å². The molecule has 2 aromatic rings. The molecule has 0 radical (unpaired) electrons. The van der Waals surface area contributed by atoms with E-state index >= 15 is 0 Å². The lowest BCUT2D eigenvalue weighted by atomic mass is 9.90. The molecule has 8 heteroatoms. The second-order valence-corrected chi connectivity index (χ2v) is 7.38. The van der Waals surface area contributed by atoms with E-state index in [4.69, 9.17) is 0 Å². The van der Waals surface area contributed by atoms with E-state index in [0.29, 0.717) is 25.5 Å². The normalized spacial score (nSPS) is 16.3. The van der Waals surface area contributed by atoms with Crippen molar-refractivity contribution in [1.29, 1.82) is 0 Å². The van der Waals surface area contributed by atoms with Gasteiger partial charge in [0.05, 0.1) is 12.2 Å². The smallest absolute Gasteiger partial charge is 0.225 e. The number of aliphatic imine (C=N–C) groups is 1. The van der Waals surface area contributed by atoms with Crippen molar-refractivity contribution in [2.75, 3.05) is 18.9 Å². The average Bonchev–Trinajstić information content (AvgIpc) is 2.92. The highest BCUT2D eigenvalue weighted by molar-refractivity contribution is 14.0. The molecule has 0 spiro atoms. The summed E-state index contributed by atoms with van der Waals surface area (Å²) >= 11 is 1.69. The summed E-state index contributed by atoms with van der Waals surface area (Å²) in [5, 5.41) is 10.6. The van der Waals surface area contributed by atoms with Crippen LogP contribution in [-0.2, 0) is 11.3 Å². The van der Waals surface area contributed by atoms with Gasteiger partial charge < -0.3 is 16.0 Å². The molecule has 6 nitrogen and oxygen atoms in total. The monoisotopic (exact) mass is 485 g/mol. The standard InChI is InChI=1S/C18H23N5OS.HI/c1-11-12(2)25-17(22-11)10-21-18(19-3)20-9-13-8-16(24)23-15-7-5-4-6-14(13)15;/h4-7,13H,8-10H2,1-3H3,(H,23,24)(H2,19,20,21);1H. The molecule has 0 fully saturated rings. The van der Waals surface area contributed by atoms with Gasteiger partial charge in [-0.05, 0) is 25.5 Å². The summed E-state index contributed by atoms with van der Waals surface area (Å²) < 4.78 is 0. The summed E-state index contributed by atoms with van der Waals surface area (Å²) in [6.45, 7) is 5.39. The predicted octanol–water partition coefficient (Wildman–Crippen LogP) is 3.17. The van der Waals surface area contributed by atoms with Crippen LogP contribution in [0.3, 0.4) is 0 Å². The van der Waals surface area contributed by atoms with E-state index < -0.39 is 0 Å². The van der Waals surface area contributed by atoms with E-state index in [1.54, 1.807) is 18.4 Å². The molecule has 140 valence electrons. The Morgan fingerprint density at radius 3 is 2.81 bits per heavy atom. The fourth-order valence-corrected chi connectivity index (χ4v) is 3.77. The van der Waals surface area contributed by atoms with Crippen LogP contribution >= 0.6 is 35.3 Å². The summed E-state index contributed by atoms with van der Waals surface area (Å²) in [5.41, 5.74) is 3.15. The Morgan fingerprint density at radius 2 is 2.12 bits per heavy atom.